The minimum Gasteiger partial charge on any atom is -0.206 e. The zero-order valence-corrected chi connectivity index (χ0v) is 9.83. The van der Waals surface area contributed by atoms with Crippen LogP contribution in [0.3, 0.4) is 0 Å². The Morgan fingerprint density at radius 3 is 1.62 bits per heavy atom. The van der Waals surface area contributed by atoms with Crippen molar-refractivity contribution in [2.45, 2.75) is 6.43 Å². The molecule has 0 amide bonds. The first kappa shape index (κ1) is 15.3. The molecule has 0 unspecified atom stereocenters. The maximum atomic E-state index is 13.5. The van der Waals surface area contributed by atoms with Crippen molar-refractivity contribution in [1.82, 2.24) is 0 Å². The molecule has 112 valence electrons. The van der Waals surface area contributed by atoms with Gasteiger partial charge in [-0.2, -0.15) is 0 Å². The molecule has 0 bridgehead atoms. The first-order valence-electron chi connectivity index (χ1n) is 5.35. The van der Waals surface area contributed by atoms with Crippen LogP contribution in [-0.4, -0.2) is 0 Å². The van der Waals surface area contributed by atoms with Crippen molar-refractivity contribution in [2.75, 3.05) is 0 Å². The minimum absolute atomic E-state index is 0.332. The van der Waals surface area contributed by atoms with Crippen molar-refractivity contribution in [2.24, 2.45) is 0 Å². The van der Waals surface area contributed by atoms with Crippen molar-refractivity contribution < 1.29 is 35.1 Å². The molecule has 2 rings (SSSR count). The Balaban J connectivity index is 2.82. The third-order valence-corrected chi connectivity index (χ3v) is 2.72. The summed E-state index contributed by atoms with van der Waals surface area (Å²) in [6.45, 7) is 0. The fraction of sp³-hybridized carbons (Fsp3) is 0.0769. The van der Waals surface area contributed by atoms with Gasteiger partial charge in [-0.3, -0.25) is 0 Å². The first-order valence-corrected chi connectivity index (χ1v) is 5.35. The zero-order valence-electron chi connectivity index (χ0n) is 9.83. The van der Waals surface area contributed by atoms with Crippen molar-refractivity contribution >= 4 is 0 Å². The lowest BCUT2D eigenvalue weighted by molar-refractivity contribution is 0.151. The number of alkyl halides is 2. The predicted molar refractivity (Wildman–Crippen MR) is 56.6 cm³/mol. The Kier molecular flexibility index (Phi) is 3.89. The smallest absolute Gasteiger partial charge is 0.206 e. The quantitative estimate of drug-likeness (QED) is 0.410. The summed E-state index contributed by atoms with van der Waals surface area (Å²) in [5, 5.41) is 0. The summed E-state index contributed by atoms with van der Waals surface area (Å²) in [7, 11) is 0. The largest absolute Gasteiger partial charge is 0.263 e. The molecule has 0 spiro atoms. The van der Waals surface area contributed by atoms with Crippen LogP contribution in [0.15, 0.2) is 18.2 Å². The molecule has 0 N–H and O–H groups in total. The van der Waals surface area contributed by atoms with Crippen LogP contribution in [0.1, 0.15) is 12.0 Å². The molecule has 2 aromatic rings. The van der Waals surface area contributed by atoms with E-state index in [0.29, 0.717) is 18.2 Å². The van der Waals surface area contributed by atoms with Gasteiger partial charge in [0, 0.05) is 11.1 Å². The summed E-state index contributed by atoms with van der Waals surface area (Å²) in [5.74, 6) is -13.0. The second kappa shape index (κ2) is 5.34. The van der Waals surface area contributed by atoms with Crippen molar-refractivity contribution in [3.05, 3.63) is 58.7 Å². The molecule has 0 saturated heterocycles. The van der Waals surface area contributed by atoms with E-state index in [2.05, 4.69) is 0 Å². The molecule has 0 aliphatic rings. The zero-order chi connectivity index (χ0) is 15.9. The SMILES string of the molecule is Fc1ccc(C(F)F)cc1-c1c(F)c(F)c(F)c(F)c1F. The topological polar surface area (TPSA) is 0 Å². The molecule has 0 radical (unpaired) electrons. The molecule has 8 heteroatoms. The van der Waals surface area contributed by atoms with Gasteiger partial charge in [0.2, 0.25) is 5.82 Å². The monoisotopic (exact) mass is 312 g/mol. The van der Waals surface area contributed by atoms with E-state index in [1.54, 1.807) is 0 Å². The van der Waals surface area contributed by atoms with Gasteiger partial charge < -0.3 is 0 Å². The molecular formula is C13H4F8. The lowest BCUT2D eigenvalue weighted by atomic mass is 10.0. The van der Waals surface area contributed by atoms with Crippen LogP contribution in [0.25, 0.3) is 11.1 Å². The number of hydrogen-bond acceptors (Lipinski definition) is 0. The van der Waals surface area contributed by atoms with Crippen LogP contribution >= 0.6 is 0 Å². The van der Waals surface area contributed by atoms with Crippen molar-refractivity contribution in [3.8, 4) is 11.1 Å². The van der Waals surface area contributed by atoms with Crippen LogP contribution in [-0.2, 0) is 0 Å². The highest BCUT2D eigenvalue weighted by molar-refractivity contribution is 5.67. The van der Waals surface area contributed by atoms with Gasteiger partial charge in [-0.05, 0) is 12.1 Å². The fourth-order valence-electron chi connectivity index (χ4n) is 1.71. The molecule has 0 aliphatic carbocycles. The summed E-state index contributed by atoms with van der Waals surface area (Å²) in [4.78, 5) is 0. The molecular weight excluding hydrogens is 308 g/mol. The molecule has 0 aromatic heterocycles. The van der Waals surface area contributed by atoms with E-state index in [1.807, 2.05) is 0 Å². The summed E-state index contributed by atoms with van der Waals surface area (Å²) in [6, 6.07) is 1.42. The number of halogens is 8. The van der Waals surface area contributed by atoms with Gasteiger partial charge in [-0.1, -0.05) is 6.07 Å². The Morgan fingerprint density at radius 1 is 0.667 bits per heavy atom. The minimum atomic E-state index is -3.11. The Hall–Kier alpha value is -2.12. The number of hydrogen-bond donors (Lipinski definition) is 0. The van der Waals surface area contributed by atoms with Gasteiger partial charge in [-0.15, -0.1) is 0 Å². The summed E-state index contributed by atoms with van der Waals surface area (Å²) in [5.41, 5.74) is -3.55. The Labute approximate surface area is 112 Å². The fourth-order valence-corrected chi connectivity index (χ4v) is 1.71. The second-order valence-electron chi connectivity index (χ2n) is 3.98. The van der Waals surface area contributed by atoms with E-state index >= 15 is 0 Å². The predicted octanol–water partition coefficient (Wildman–Crippen LogP) is 5.13. The van der Waals surface area contributed by atoms with Gasteiger partial charge in [0.1, 0.15) is 5.82 Å². The highest BCUT2D eigenvalue weighted by Crippen LogP contribution is 2.34. The van der Waals surface area contributed by atoms with E-state index in [9.17, 15) is 35.1 Å². The standard InChI is InChI=1S/C13H4F8/c14-6-2-1-4(13(20)21)3-5(6)7-8(15)10(17)12(19)11(18)9(7)16/h1-3,13H. The molecule has 0 fully saturated rings. The van der Waals surface area contributed by atoms with Gasteiger partial charge in [-0.25, -0.2) is 35.1 Å². The molecule has 0 nitrogen and oxygen atoms in total. The first-order chi connectivity index (χ1) is 9.75. The molecule has 2 aromatic carbocycles. The van der Waals surface area contributed by atoms with Gasteiger partial charge >= 0.3 is 0 Å². The van der Waals surface area contributed by atoms with Crippen LogP contribution in [0, 0.1) is 34.9 Å². The van der Waals surface area contributed by atoms with Crippen molar-refractivity contribution in [3.63, 3.8) is 0 Å². The van der Waals surface area contributed by atoms with E-state index < -0.39 is 58.0 Å². The maximum Gasteiger partial charge on any atom is 0.263 e. The van der Waals surface area contributed by atoms with E-state index in [1.165, 1.54) is 0 Å². The molecule has 0 aliphatic heterocycles. The number of rotatable bonds is 2. The molecule has 0 atom stereocenters. The normalized spacial score (nSPS) is 11.3. The van der Waals surface area contributed by atoms with E-state index in [-0.39, 0.29) is 0 Å². The molecule has 0 heterocycles. The molecule has 21 heavy (non-hydrogen) atoms. The third-order valence-electron chi connectivity index (χ3n) is 2.72. The van der Waals surface area contributed by atoms with Crippen LogP contribution in [0.2, 0.25) is 0 Å². The van der Waals surface area contributed by atoms with Crippen molar-refractivity contribution in [1.29, 1.82) is 0 Å². The highest BCUT2D eigenvalue weighted by Gasteiger charge is 2.28. The summed E-state index contributed by atoms with van der Waals surface area (Å²) in [6.07, 6.45) is -3.11. The van der Waals surface area contributed by atoms with Crippen LogP contribution in [0.5, 0.6) is 0 Å². The Morgan fingerprint density at radius 2 is 1.14 bits per heavy atom. The van der Waals surface area contributed by atoms with Gasteiger partial charge in [0.25, 0.3) is 6.43 Å². The second-order valence-corrected chi connectivity index (χ2v) is 3.98. The van der Waals surface area contributed by atoms with Gasteiger partial charge in [0.05, 0.1) is 5.56 Å². The van der Waals surface area contributed by atoms with Gasteiger partial charge in [0.15, 0.2) is 23.3 Å². The van der Waals surface area contributed by atoms with E-state index in [0.717, 1.165) is 0 Å². The lowest BCUT2D eigenvalue weighted by Gasteiger charge is -2.10. The van der Waals surface area contributed by atoms with Crippen LogP contribution in [0.4, 0.5) is 35.1 Å². The van der Waals surface area contributed by atoms with Crippen LogP contribution < -0.4 is 0 Å². The maximum absolute atomic E-state index is 13.5. The highest BCUT2D eigenvalue weighted by atomic mass is 19.3. The summed E-state index contributed by atoms with van der Waals surface area (Å²) < 4.78 is 105. The third kappa shape index (κ3) is 2.45. The Bertz CT molecular complexity index is 679. The average Bonchev–Trinajstić information content (AvgIpc) is 2.45. The number of benzene rings is 2. The summed E-state index contributed by atoms with van der Waals surface area (Å²) >= 11 is 0. The molecule has 0 saturated carbocycles. The average molecular weight is 312 g/mol. The van der Waals surface area contributed by atoms with E-state index in [4.69, 9.17) is 0 Å². The lowest BCUT2D eigenvalue weighted by Crippen LogP contribution is -2.05.